The number of halogens is 1. The molecule has 23 heavy (non-hydrogen) atoms. The van der Waals surface area contributed by atoms with E-state index in [2.05, 4.69) is 28.1 Å². The second kappa shape index (κ2) is 6.87. The molecule has 2 atom stereocenters. The second-order valence-corrected chi connectivity index (χ2v) is 6.78. The van der Waals surface area contributed by atoms with Crippen LogP contribution in [0.3, 0.4) is 0 Å². The topological polar surface area (TPSA) is 41.1 Å². The van der Waals surface area contributed by atoms with Crippen molar-refractivity contribution >= 4 is 10.9 Å². The predicted molar refractivity (Wildman–Crippen MR) is 90.7 cm³/mol. The summed E-state index contributed by atoms with van der Waals surface area (Å²) in [5.41, 5.74) is 2.19. The fourth-order valence-electron chi connectivity index (χ4n) is 3.31. The Balaban J connectivity index is 1.53. The van der Waals surface area contributed by atoms with Gasteiger partial charge >= 0.3 is 0 Å². The maximum absolute atomic E-state index is 13.4. The Hall–Kier alpha value is -1.62. The highest BCUT2D eigenvalue weighted by Crippen LogP contribution is 2.25. The summed E-state index contributed by atoms with van der Waals surface area (Å²) in [6.07, 6.45) is 3.22. The predicted octanol–water partition coefficient (Wildman–Crippen LogP) is 3.71. The second-order valence-electron chi connectivity index (χ2n) is 6.78. The number of alkyl halides is 1. The van der Waals surface area contributed by atoms with Gasteiger partial charge in [0, 0.05) is 17.5 Å². The number of piperidine rings is 1. The molecule has 1 N–H and O–H groups in total. The zero-order chi connectivity index (χ0) is 16.4. The number of H-pyrrole nitrogens is 1. The van der Waals surface area contributed by atoms with Gasteiger partial charge in [0.1, 0.15) is 11.9 Å². The van der Waals surface area contributed by atoms with E-state index in [0.717, 1.165) is 49.2 Å². The van der Waals surface area contributed by atoms with Gasteiger partial charge in [0.25, 0.3) is 0 Å². The van der Waals surface area contributed by atoms with Crippen LogP contribution in [0.4, 0.5) is 4.39 Å². The number of benzene rings is 1. The van der Waals surface area contributed by atoms with Crippen LogP contribution in [0.15, 0.2) is 18.3 Å². The third kappa shape index (κ3) is 3.66. The maximum atomic E-state index is 13.4. The minimum absolute atomic E-state index is 0.0160. The molecule has 3 rings (SSSR count). The highest BCUT2D eigenvalue weighted by Gasteiger charge is 2.25. The van der Waals surface area contributed by atoms with Gasteiger partial charge in [-0.2, -0.15) is 5.10 Å². The number of nitrogens with one attached hydrogen (secondary N) is 1. The highest BCUT2D eigenvalue weighted by atomic mass is 19.1. The van der Waals surface area contributed by atoms with Crippen molar-refractivity contribution in [3.05, 3.63) is 23.9 Å². The van der Waals surface area contributed by atoms with Crippen molar-refractivity contribution in [1.82, 2.24) is 15.1 Å². The smallest absolute Gasteiger partial charge is 0.121 e. The van der Waals surface area contributed by atoms with Crippen LogP contribution >= 0.6 is 0 Å². The average Bonchev–Trinajstić information content (AvgIpc) is 3.02. The van der Waals surface area contributed by atoms with E-state index >= 15 is 0 Å². The van der Waals surface area contributed by atoms with Crippen LogP contribution in [0.25, 0.3) is 10.9 Å². The third-order valence-corrected chi connectivity index (χ3v) is 5.11. The van der Waals surface area contributed by atoms with Gasteiger partial charge in [-0.1, -0.05) is 0 Å². The molecule has 0 spiro atoms. The summed E-state index contributed by atoms with van der Waals surface area (Å²) in [5, 5.41) is 8.21. The molecular weight excluding hydrogens is 293 g/mol. The summed E-state index contributed by atoms with van der Waals surface area (Å²) in [6.45, 7) is 8.34. The van der Waals surface area contributed by atoms with Crippen LogP contribution < -0.4 is 4.74 Å². The first-order valence-electron chi connectivity index (χ1n) is 8.49. The first-order chi connectivity index (χ1) is 11.0. The van der Waals surface area contributed by atoms with E-state index < -0.39 is 6.17 Å². The Bertz CT molecular complexity index is 647. The van der Waals surface area contributed by atoms with E-state index in [1.807, 2.05) is 19.2 Å². The highest BCUT2D eigenvalue weighted by molar-refractivity contribution is 5.82. The Morgan fingerprint density at radius 3 is 2.78 bits per heavy atom. The van der Waals surface area contributed by atoms with Crippen molar-refractivity contribution in [2.24, 2.45) is 5.92 Å². The molecule has 1 fully saturated rings. The quantitative estimate of drug-likeness (QED) is 0.913. The van der Waals surface area contributed by atoms with Crippen LogP contribution in [0, 0.1) is 12.8 Å². The molecule has 2 aromatic rings. The lowest BCUT2D eigenvalue weighted by Crippen LogP contribution is -2.44. The van der Waals surface area contributed by atoms with Crippen LogP contribution in [-0.2, 0) is 0 Å². The van der Waals surface area contributed by atoms with Crippen molar-refractivity contribution in [2.45, 2.75) is 45.8 Å². The van der Waals surface area contributed by atoms with Gasteiger partial charge in [0.2, 0.25) is 0 Å². The first-order valence-corrected chi connectivity index (χ1v) is 8.49. The number of ether oxygens (including phenoxy) is 1. The lowest BCUT2D eigenvalue weighted by molar-refractivity contribution is 0.0776. The Morgan fingerprint density at radius 1 is 1.35 bits per heavy atom. The number of nitrogens with zero attached hydrogens (tertiary/aromatic N) is 2. The van der Waals surface area contributed by atoms with Crippen LogP contribution in [0.2, 0.25) is 0 Å². The van der Waals surface area contributed by atoms with E-state index in [1.165, 1.54) is 5.56 Å². The van der Waals surface area contributed by atoms with Crippen LogP contribution in [0.5, 0.6) is 5.75 Å². The molecule has 2 heterocycles. The molecule has 0 radical (unpaired) electrons. The van der Waals surface area contributed by atoms with Gasteiger partial charge in [-0.3, -0.25) is 10.00 Å². The molecule has 1 aromatic carbocycles. The molecule has 1 unspecified atom stereocenters. The summed E-state index contributed by atoms with van der Waals surface area (Å²) in [4.78, 5) is 2.25. The molecule has 1 aliphatic heterocycles. The third-order valence-electron chi connectivity index (χ3n) is 5.11. The van der Waals surface area contributed by atoms with E-state index in [1.54, 1.807) is 6.92 Å². The molecule has 0 amide bonds. The fraction of sp³-hybridized carbons (Fsp3) is 0.611. The number of aryl methyl sites for hydroxylation is 1. The lowest BCUT2D eigenvalue weighted by atomic mass is 9.96. The number of aromatic amines is 1. The lowest BCUT2D eigenvalue weighted by Gasteiger charge is -2.36. The average molecular weight is 319 g/mol. The molecule has 0 aliphatic carbocycles. The van der Waals surface area contributed by atoms with E-state index in [4.69, 9.17) is 4.74 Å². The van der Waals surface area contributed by atoms with Crippen molar-refractivity contribution in [2.75, 3.05) is 19.7 Å². The summed E-state index contributed by atoms with van der Waals surface area (Å²) < 4.78 is 19.4. The number of fused-ring (bicyclic) bond motifs is 1. The van der Waals surface area contributed by atoms with Gasteiger partial charge in [0.05, 0.1) is 18.3 Å². The molecule has 1 aliphatic rings. The van der Waals surface area contributed by atoms with E-state index in [0.29, 0.717) is 5.92 Å². The molecule has 5 heteroatoms. The standard InChI is InChI=1S/C18H26FN3O/c1-12-8-16(9-18-17(12)10-20-21-18)23-11-15-4-6-22(7-5-15)14(3)13(2)19/h8-10,13-15H,4-7,11H2,1-3H3,(H,20,21)/t13-,14?/m1/s1. The molecule has 0 bridgehead atoms. The van der Waals surface area contributed by atoms with E-state index in [9.17, 15) is 4.39 Å². The summed E-state index contributed by atoms with van der Waals surface area (Å²) in [5.74, 6) is 1.44. The Kier molecular flexibility index (Phi) is 4.85. The van der Waals surface area contributed by atoms with Crippen molar-refractivity contribution in [3.8, 4) is 5.75 Å². The van der Waals surface area contributed by atoms with Gasteiger partial charge in [-0.05, 0) is 64.3 Å². The normalized spacial score (nSPS) is 19.8. The Labute approximate surface area is 137 Å². The maximum Gasteiger partial charge on any atom is 0.121 e. The van der Waals surface area contributed by atoms with Gasteiger partial charge in [0.15, 0.2) is 0 Å². The summed E-state index contributed by atoms with van der Waals surface area (Å²) in [7, 11) is 0. The number of likely N-dealkylation sites (tertiary alicyclic amines) is 1. The SMILES string of the molecule is Cc1cc(OCC2CCN(C(C)[C@@H](C)F)CC2)cc2[nH]ncc12. The molecule has 1 saturated heterocycles. The minimum Gasteiger partial charge on any atom is -0.493 e. The molecular formula is C18H26FN3O. The van der Waals surface area contributed by atoms with Crippen LogP contribution in [0.1, 0.15) is 32.3 Å². The Morgan fingerprint density at radius 2 is 2.09 bits per heavy atom. The molecule has 0 saturated carbocycles. The largest absolute Gasteiger partial charge is 0.493 e. The van der Waals surface area contributed by atoms with Crippen LogP contribution in [-0.4, -0.2) is 47.0 Å². The molecule has 4 nitrogen and oxygen atoms in total. The first kappa shape index (κ1) is 16.2. The number of hydrogen-bond donors (Lipinski definition) is 1. The van der Waals surface area contributed by atoms with E-state index in [-0.39, 0.29) is 6.04 Å². The monoisotopic (exact) mass is 319 g/mol. The van der Waals surface area contributed by atoms with Gasteiger partial charge in [-0.25, -0.2) is 4.39 Å². The fourth-order valence-corrected chi connectivity index (χ4v) is 3.31. The summed E-state index contributed by atoms with van der Waals surface area (Å²) in [6, 6.07) is 4.10. The van der Waals surface area contributed by atoms with Crippen molar-refractivity contribution in [1.29, 1.82) is 0 Å². The number of hydrogen-bond acceptors (Lipinski definition) is 3. The van der Waals surface area contributed by atoms with Crippen molar-refractivity contribution in [3.63, 3.8) is 0 Å². The molecule has 126 valence electrons. The minimum atomic E-state index is -0.771. The van der Waals surface area contributed by atoms with Gasteiger partial charge < -0.3 is 4.74 Å². The van der Waals surface area contributed by atoms with Gasteiger partial charge in [-0.15, -0.1) is 0 Å². The zero-order valence-electron chi connectivity index (χ0n) is 14.2. The summed E-state index contributed by atoms with van der Waals surface area (Å²) >= 11 is 0. The number of rotatable bonds is 5. The zero-order valence-corrected chi connectivity index (χ0v) is 14.2. The van der Waals surface area contributed by atoms with Crippen molar-refractivity contribution < 1.29 is 9.13 Å². The molecule has 1 aromatic heterocycles. The number of aromatic nitrogens is 2.